The Hall–Kier alpha value is -2.38. The summed E-state index contributed by atoms with van der Waals surface area (Å²) in [5.41, 5.74) is 2.03. The first-order valence-electron chi connectivity index (χ1n) is 10.1. The van der Waals surface area contributed by atoms with E-state index in [1.807, 2.05) is 65.6 Å². The number of aryl methyl sites for hydroxylation is 1. The Morgan fingerprint density at radius 2 is 1.73 bits per heavy atom. The molecule has 6 nitrogen and oxygen atoms in total. The largest absolute Gasteiger partial charge is 0.339 e. The second-order valence-electron chi connectivity index (χ2n) is 7.97. The summed E-state index contributed by atoms with van der Waals surface area (Å²) in [7, 11) is 0. The molecule has 2 amide bonds. The molecule has 0 spiro atoms. The minimum atomic E-state index is -0.0126. The van der Waals surface area contributed by atoms with Crippen molar-refractivity contribution in [1.29, 1.82) is 0 Å². The zero-order valence-electron chi connectivity index (χ0n) is 17.4. The van der Waals surface area contributed by atoms with Gasteiger partial charge in [-0.1, -0.05) is 37.6 Å². The third kappa shape index (κ3) is 4.09. The van der Waals surface area contributed by atoms with Crippen LogP contribution in [-0.4, -0.2) is 57.6 Å². The van der Waals surface area contributed by atoms with Crippen LogP contribution in [0, 0.1) is 12.8 Å². The zero-order valence-corrected chi connectivity index (χ0v) is 19.0. The van der Waals surface area contributed by atoms with E-state index in [2.05, 4.69) is 5.10 Å². The molecule has 1 fully saturated rings. The molecule has 0 radical (unpaired) electrons. The lowest BCUT2D eigenvalue weighted by molar-refractivity contribution is -0.135. The zero-order chi connectivity index (χ0) is 21.4. The molecule has 1 aliphatic rings. The lowest BCUT2D eigenvalue weighted by Crippen LogP contribution is -2.51. The van der Waals surface area contributed by atoms with Crippen molar-refractivity contribution in [3.63, 3.8) is 0 Å². The molecule has 1 aliphatic heterocycles. The van der Waals surface area contributed by atoms with E-state index in [9.17, 15) is 9.59 Å². The number of aromatic nitrogens is 2. The number of hydrogen-bond acceptors (Lipinski definition) is 4. The van der Waals surface area contributed by atoms with Gasteiger partial charge in [-0.15, -0.1) is 11.3 Å². The van der Waals surface area contributed by atoms with Crippen LogP contribution in [-0.2, 0) is 11.3 Å². The van der Waals surface area contributed by atoms with Gasteiger partial charge in [0.15, 0.2) is 0 Å². The molecule has 3 heterocycles. The van der Waals surface area contributed by atoms with Crippen LogP contribution in [0.2, 0.25) is 5.02 Å². The molecular formula is C22H25ClN4O2S. The molecule has 0 aliphatic carbocycles. The number of halogens is 1. The fourth-order valence-corrected chi connectivity index (χ4v) is 4.99. The number of carbonyl (C=O) groups is 2. The van der Waals surface area contributed by atoms with Crippen LogP contribution in [0.25, 0.3) is 10.2 Å². The van der Waals surface area contributed by atoms with Crippen LogP contribution < -0.4 is 0 Å². The fourth-order valence-electron chi connectivity index (χ4n) is 3.74. The summed E-state index contributed by atoms with van der Waals surface area (Å²) < 4.78 is 1.95. The second-order valence-corrected chi connectivity index (χ2v) is 9.44. The van der Waals surface area contributed by atoms with E-state index < -0.39 is 0 Å². The molecule has 2 aromatic heterocycles. The summed E-state index contributed by atoms with van der Waals surface area (Å²) >= 11 is 7.47. The number of rotatable bonds is 4. The van der Waals surface area contributed by atoms with Crippen LogP contribution in [0.3, 0.4) is 0 Å². The Morgan fingerprint density at radius 1 is 1.10 bits per heavy atom. The van der Waals surface area contributed by atoms with Gasteiger partial charge in [0.1, 0.15) is 4.83 Å². The summed E-state index contributed by atoms with van der Waals surface area (Å²) in [5, 5.41) is 6.38. The smallest absolute Gasteiger partial charge is 0.264 e. The van der Waals surface area contributed by atoms with Gasteiger partial charge in [-0.05, 0) is 30.7 Å². The molecule has 0 atom stereocenters. The lowest BCUT2D eigenvalue weighted by atomic mass is 10.1. The highest BCUT2D eigenvalue weighted by molar-refractivity contribution is 7.20. The quantitative estimate of drug-likeness (QED) is 0.610. The summed E-state index contributed by atoms with van der Waals surface area (Å²) in [5.74, 6) is 0.175. The van der Waals surface area contributed by atoms with Crippen LogP contribution in [0.15, 0.2) is 30.3 Å². The van der Waals surface area contributed by atoms with Crippen LogP contribution in [0.5, 0.6) is 0 Å². The molecule has 8 heteroatoms. The van der Waals surface area contributed by atoms with Crippen LogP contribution >= 0.6 is 22.9 Å². The SMILES string of the molecule is Cc1nn(Cc2ccc(Cl)cc2)c2sc(C(=O)N3CCN(C(=O)C(C)C)CC3)cc12. The first-order chi connectivity index (χ1) is 14.3. The predicted octanol–water partition coefficient (Wildman–Crippen LogP) is 4.05. The maximum atomic E-state index is 13.1. The normalized spacial score (nSPS) is 14.7. The van der Waals surface area contributed by atoms with Gasteiger partial charge >= 0.3 is 0 Å². The summed E-state index contributed by atoms with van der Waals surface area (Å²) in [6, 6.07) is 9.68. The van der Waals surface area contributed by atoms with Crippen molar-refractivity contribution in [2.75, 3.05) is 26.2 Å². The topological polar surface area (TPSA) is 58.4 Å². The van der Waals surface area contributed by atoms with Crippen molar-refractivity contribution in [3.05, 3.63) is 51.5 Å². The predicted molar refractivity (Wildman–Crippen MR) is 120 cm³/mol. The molecule has 0 unspecified atom stereocenters. The Labute approximate surface area is 185 Å². The van der Waals surface area contributed by atoms with Gasteiger partial charge in [0, 0.05) is 42.5 Å². The van der Waals surface area contributed by atoms with E-state index in [-0.39, 0.29) is 17.7 Å². The molecule has 158 valence electrons. The third-order valence-electron chi connectivity index (χ3n) is 5.44. The van der Waals surface area contributed by atoms with Gasteiger partial charge in [-0.25, -0.2) is 0 Å². The Bertz CT molecular complexity index is 1080. The average Bonchev–Trinajstić information content (AvgIpc) is 3.30. The minimum Gasteiger partial charge on any atom is -0.339 e. The number of nitrogens with zero attached hydrogens (tertiary/aromatic N) is 4. The molecule has 0 N–H and O–H groups in total. The van der Waals surface area contributed by atoms with Gasteiger partial charge in [0.2, 0.25) is 5.91 Å². The van der Waals surface area contributed by atoms with E-state index in [1.165, 1.54) is 11.3 Å². The Balaban J connectivity index is 1.50. The minimum absolute atomic E-state index is 0.0126. The van der Waals surface area contributed by atoms with Crippen molar-refractivity contribution in [3.8, 4) is 0 Å². The summed E-state index contributed by atoms with van der Waals surface area (Å²) in [6.07, 6.45) is 0. The molecule has 30 heavy (non-hydrogen) atoms. The first-order valence-corrected chi connectivity index (χ1v) is 11.3. The highest BCUT2D eigenvalue weighted by atomic mass is 35.5. The average molecular weight is 445 g/mol. The van der Waals surface area contributed by atoms with Crippen LogP contribution in [0.1, 0.15) is 34.8 Å². The number of hydrogen-bond donors (Lipinski definition) is 0. The highest BCUT2D eigenvalue weighted by Crippen LogP contribution is 2.30. The van der Waals surface area contributed by atoms with Crippen molar-refractivity contribution in [2.45, 2.75) is 27.3 Å². The van der Waals surface area contributed by atoms with Crippen molar-refractivity contribution in [2.24, 2.45) is 5.92 Å². The van der Waals surface area contributed by atoms with Crippen LogP contribution in [0.4, 0.5) is 0 Å². The Morgan fingerprint density at radius 3 is 2.37 bits per heavy atom. The van der Waals surface area contributed by atoms with E-state index in [4.69, 9.17) is 11.6 Å². The van der Waals surface area contributed by atoms with Gasteiger partial charge in [-0.3, -0.25) is 14.3 Å². The highest BCUT2D eigenvalue weighted by Gasteiger charge is 2.27. The number of benzene rings is 1. The van der Waals surface area contributed by atoms with Crippen molar-refractivity contribution >= 4 is 45.0 Å². The van der Waals surface area contributed by atoms with E-state index in [1.54, 1.807) is 0 Å². The Kier molecular flexibility index (Phi) is 5.84. The number of thiophene rings is 1. The summed E-state index contributed by atoms with van der Waals surface area (Å²) in [6.45, 7) is 8.75. The maximum Gasteiger partial charge on any atom is 0.264 e. The lowest BCUT2D eigenvalue weighted by Gasteiger charge is -2.35. The van der Waals surface area contributed by atoms with Gasteiger partial charge in [-0.2, -0.15) is 5.10 Å². The molecule has 3 aromatic rings. The fraction of sp³-hybridized carbons (Fsp3) is 0.409. The molecule has 0 bridgehead atoms. The van der Waals surface area contributed by atoms with E-state index in [0.29, 0.717) is 37.7 Å². The third-order valence-corrected chi connectivity index (χ3v) is 6.82. The monoisotopic (exact) mass is 444 g/mol. The molecular weight excluding hydrogens is 420 g/mol. The van der Waals surface area contributed by atoms with Gasteiger partial charge in [0.05, 0.1) is 17.1 Å². The van der Waals surface area contributed by atoms with Gasteiger partial charge < -0.3 is 9.80 Å². The standard InChI is InChI=1S/C22H25ClN4O2S/c1-14(2)20(28)25-8-10-26(11-9-25)21(29)19-12-18-15(3)24-27(22(18)30-19)13-16-4-6-17(23)7-5-16/h4-7,12,14H,8-11,13H2,1-3H3. The van der Waals surface area contributed by atoms with E-state index in [0.717, 1.165) is 26.4 Å². The number of amides is 2. The molecule has 4 rings (SSSR count). The number of piperazine rings is 1. The van der Waals surface area contributed by atoms with Crippen molar-refractivity contribution in [1.82, 2.24) is 19.6 Å². The number of fused-ring (bicyclic) bond motifs is 1. The maximum absolute atomic E-state index is 13.1. The molecule has 0 saturated carbocycles. The number of carbonyl (C=O) groups excluding carboxylic acids is 2. The van der Waals surface area contributed by atoms with Crippen molar-refractivity contribution < 1.29 is 9.59 Å². The van der Waals surface area contributed by atoms with Gasteiger partial charge in [0.25, 0.3) is 5.91 Å². The second kappa shape index (κ2) is 8.40. The summed E-state index contributed by atoms with van der Waals surface area (Å²) in [4.78, 5) is 30.7. The first kappa shape index (κ1) is 20.9. The molecule has 1 aromatic carbocycles. The van der Waals surface area contributed by atoms with E-state index >= 15 is 0 Å². The molecule has 1 saturated heterocycles.